The zero-order valence-corrected chi connectivity index (χ0v) is 19.6. The summed E-state index contributed by atoms with van der Waals surface area (Å²) < 4.78 is 2.45. The first-order chi connectivity index (χ1) is 15.7. The number of aliphatic carboxylic acids is 1. The van der Waals surface area contributed by atoms with E-state index in [0.717, 1.165) is 17.0 Å². The summed E-state index contributed by atoms with van der Waals surface area (Å²) in [5.41, 5.74) is 2.19. The average molecular weight is 437 g/mol. The number of hydrogen-bond acceptors (Lipinski definition) is 2. The van der Waals surface area contributed by atoms with Crippen molar-refractivity contribution in [2.24, 2.45) is 0 Å². The number of para-hydroxylation sites is 1. The lowest BCUT2D eigenvalue weighted by atomic mass is 9.79. The van der Waals surface area contributed by atoms with Gasteiger partial charge in [-0.15, -0.1) is 0 Å². The SMILES string of the molecule is O=C(O)Cc1cn(C2CC3CCC[C@H](C2)N3C2CCCCCCCCC2)c2ccccc12. The summed E-state index contributed by atoms with van der Waals surface area (Å²) in [5, 5.41) is 10.5. The number of carboxylic acids is 1. The van der Waals surface area contributed by atoms with Crippen molar-refractivity contribution < 1.29 is 9.90 Å². The summed E-state index contributed by atoms with van der Waals surface area (Å²) in [5.74, 6) is -0.740. The van der Waals surface area contributed by atoms with Crippen molar-refractivity contribution in [2.45, 2.75) is 120 Å². The molecule has 1 aromatic carbocycles. The van der Waals surface area contributed by atoms with Crippen LogP contribution in [0.3, 0.4) is 0 Å². The fourth-order valence-corrected chi connectivity index (χ4v) is 7.18. The van der Waals surface area contributed by atoms with E-state index in [9.17, 15) is 9.90 Å². The van der Waals surface area contributed by atoms with Gasteiger partial charge in [0, 0.05) is 41.3 Å². The Hall–Kier alpha value is -1.81. The van der Waals surface area contributed by atoms with E-state index in [1.807, 2.05) is 6.07 Å². The van der Waals surface area contributed by atoms with Crippen LogP contribution in [0, 0.1) is 0 Å². The molecule has 5 rings (SSSR count). The molecule has 2 saturated heterocycles. The van der Waals surface area contributed by atoms with Crippen molar-refractivity contribution in [1.82, 2.24) is 9.47 Å². The van der Waals surface area contributed by atoms with E-state index in [0.29, 0.717) is 18.1 Å². The Bertz CT molecular complexity index is 895. The second-order valence-corrected chi connectivity index (χ2v) is 10.7. The van der Waals surface area contributed by atoms with Gasteiger partial charge in [-0.05, 0) is 50.2 Å². The molecule has 0 spiro atoms. The van der Waals surface area contributed by atoms with Crippen LogP contribution in [-0.4, -0.2) is 38.7 Å². The third-order valence-electron chi connectivity index (χ3n) is 8.56. The number of piperidine rings is 2. The normalized spacial score (nSPS) is 28.6. The molecule has 2 aliphatic heterocycles. The Morgan fingerprint density at radius 2 is 1.38 bits per heavy atom. The number of hydrogen-bond donors (Lipinski definition) is 1. The van der Waals surface area contributed by atoms with E-state index < -0.39 is 5.97 Å². The first-order valence-electron chi connectivity index (χ1n) is 13.3. The van der Waals surface area contributed by atoms with Crippen LogP contribution in [0.2, 0.25) is 0 Å². The lowest BCUT2D eigenvalue weighted by molar-refractivity contribution is -0.136. The van der Waals surface area contributed by atoms with Crippen molar-refractivity contribution in [3.05, 3.63) is 36.0 Å². The van der Waals surface area contributed by atoms with Gasteiger partial charge in [-0.2, -0.15) is 0 Å². The predicted molar refractivity (Wildman–Crippen MR) is 130 cm³/mol. The van der Waals surface area contributed by atoms with Crippen LogP contribution in [0.1, 0.15) is 101 Å². The molecular weight excluding hydrogens is 396 g/mol. The Morgan fingerprint density at radius 1 is 0.781 bits per heavy atom. The van der Waals surface area contributed by atoms with Crippen molar-refractivity contribution >= 4 is 16.9 Å². The smallest absolute Gasteiger partial charge is 0.307 e. The monoisotopic (exact) mass is 436 g/mol. The number of fused-ring (bicyclic) bond motifs is 3. The Balaban J connectivity index is 1.38. The zero-order valence-electron chi connectivity index (χ0n) is 19.6. The molecule has 32 heavy (non-hydrogen) atoms. The number of carbonyl (C=O) groups is 1. The maximum Gasteiger partial charge on any atom is 0.307 e. The van der Waals surface area contributed by atoms with Crippen LogP contribution < -0.4 is 0 Å². The van der Waals surface area contributed by atoms with Gasteiger partial charge in [-0.1, -0.05) is 69.6 Å². The second-order valence-electron chi connectivity index (χ2n) is 10.7. The highest BCUT2D eigenvalue weighted by atomic mass is 16.4. The van der Waals surface area contributed by atoms with Gasteiger partial charge in [0.2, 0.25) is 0 Å². The summed E-state index contributed by atoms with van der Waals surface area (Å²) in [7, 11) is 0. The first-order valence-corrected chi connectivity index (χ1v) is 13.3. The minimum absolute atomic E-state index is 0.112. The molecule has 3 aliphatic rings. The van der Waals surface area contributed by atoms with Crippen LogP contribution in [-0.2, 0) is 11.2 Å². The number of carboxylic acid groups (broad SMARTS) is 1. The van der Waals surface area contributed by atoms with Crippen molar-refractivity contribution in [2.75, 3.05) is 0 Å². The van der Waals surface area contributed by atoms with Crippen molar-refractivity contribution in [1.29, 1.82) is 0 Å². The minimum atomic E-state index is -0.740. The maximum atomic E-state index is 11.5. The molecule has 1 aromatic heterocycles. The average Bonchev–Trinajstić information content (AvgIpc) is 3.14. The van der Waals surface area contributed by atoms with Gasteiger partial charge in [0.1, 0.15) is 0 Å². The molecule has 0 amide bonds. The molecule has 174 valence electrons. The third-order valence-corrected chi connectivity index (χ3v) is 8.56. The topological polar surface area (TPSA) is 45.5 Å². The summed E-state index contributed by atoms with van der Waals surface area (Å²) in [6.07, 6.45) is 21.5. The molecule has 3 fully saturated rings. The fourth-order valence-electron chi connectivity index (χ4n) is 7.18. The molecule has 2 unspecified atom stereocenters. The molecular formula is C28H40N2O2. The Labute approximate surface area is 193 Å². The quantitative estimate of drug-likeness (QED) is 0.579. The van der Waals surface area contributed by atoms with Gasteiger partial charge in [0.15, 0.2) is 0 Å². The van der Waals surface area contributed by atoms with Crippen LogP contribution in [0.5, 0.6) is 0 Å². The highest BCUT2D eigenvalue weighted by Crippen LogP contribution is 2.43. The van der Waals surface area contributed by atoms with E-state index >= 15 is 0 Å². The van der Waals surface area contributed by atoms with Gasteiger partial charge in [0.05, 0.1) is 6.42 Å². The van der Waals surface area contributed by atoms with Gasteiger partial charge in [0.25, 0.3) is 0 Å². The van der Waals surface area contributed by atoms with Crippen molar-refractivity contribution in [3.63, 3.8) is 0 Å². The molecule has 1 saturated carbocycles. The van der Waals surface area contributed by atoms with Crippen LogP contribution in [0.25, 0.3) is 10.9 Å². The highest BCUT2D eigenvalue weighted by Gasteiger charge is 2.42. The molecule has 1 aliphatic carbocycles. The highest BCUT2D eigenvalue weighted by molar-refractivity contribution is 5.87. The molecule has 2 aromatic rings. The van der Waals surface area contributed by atoms with Crippen LogP contribution >= 0.6 is 0 Å². The lowest BCUT2D eigenvalue weighted by Gasteiger charge is -2.53. The molecule has 4 nitrogen and oxygen atoms in total. The van der Waals surface area contributed by atoms with E-state index in [2.05, 4.69) is 33.9 Å². The van der Waals surface area contributed by atoms with Crippen LogP contribution in [0.15, 0.2) is 30.5 Å². The van der Waals surface area contributed by atoms with Gasteiger partial charge in [-0.25, -0.2) is 0 Å². The molecule has 3 heterocycles. The molecule has 2 bridgehead atoms. The Morgan fingerprint density at radius 3 is 2.03 bits per heavy atom. The second kappa shape index (κ2) is 9.99. The summed E-state index contributed by atoms with van der Waals surface area (Å²) in [6.45, 7) is 0. The summed E-state index contributed by atoms with van der Waals surface area (Å²) in [4.78, 5) is 14.4. The van der Waals surface area contributed by atoms with E-state index in [4.69, 9.17) is 0 Å². The Kier molecular flexibility index (Phi) is 6.87. The zero-order chi connectivity index (χ0) is 21.9. The van der Waals surface area contributed by atoms with E-state index in [1.54, 1.807) is 0 Å². The molecule has 4 heteroatoms. The minimum Gasteiger partial charge on any atom is -0.481 e. The number of nitrogens with zero attached hydrogens (tertiary/aromatic N) is 2. The lowest BCUT2D eigenvalue weighted by Crippen LogP contribution is -2.56. The fraction of sp³-hybridized carbons (Fsp3) is 0.679. The maximum absolute atomic E-state index is 11.5. The number of rotatable bonds is 4. The van der Waals surface area contributed by atoms with Gasteiger partial charge in [-0.3, -0.25) is 9.69 Å². The van der Waals surface area contributed by atoms with Gasteiger partial charge < -0.3 is 9.67 Å². The van der Waals surface area contributed by atoms with E-state index in [1.165, 1.54) is 95.4 Å². The molecule has 1 N–H and O–H groups in total. The van der Waals surface area contributed by atoms with Crippen LogP contribution in [0.4, 0.5) is 0 Å². The third kappa shape index (κ3) is 4.62. The van der Waals surface area contributed by atoms with Crippen molar-refractivity contribution in [3.8, 4) is 0 Å². The van der Waals surface area contributed by atoms with Gasteiger partial charge >= 0.3 is 5.97 Å². The standard InChI is InChI=1S/C28H40N2O2/c31-28(32)17-21-20-29(27-16-9-8-15-26(21)27)25-18-23-13-10-14-24(19-25)30(23)22-11-6-4-2-1-3-5-7-12-22/h8-9,15-16,20,22-25H,1-7,10-14,17-19H2,(H,31,32)/t23-,24?,25?/m1/s1. The summed E-state index contributed by atoms with van der Waals surface area (Å²) in [6, 6.07) is 11.1. The largest absolute Gasteiger partial charge is 0.481 e. The summed E-state index contributed by atoms with van der Waals surface area (Å²) >= 11 is 0. The number of aromatic nitrogens is 1. The number of benzene rings is 1. The first kappa shape index (κ1) is 22.0. The predicted octanol–water partition coefficient (Wildman–Crippen LogP) is 6.72. The van der Waals surface area contributed by atoms with E-state index in [-0.39, 0.29) is 6.42 Å². The molecule has 3 atom stereocenters. The molecule has 0 radical (unpaired) electrons.